The molecule has 0 saturated carbocycles. The summed E-state index contributed by atoms with van der Waals surface area (Å²) in [5.41, 5.74) is 10.2. The number of hydrazine groups is 1. The van der Waals surface area contributed by atoms with Crippen LogP contribution in [0.3, 0.4) is 0 Å². The molecule has 4 amide bonds. The van der Waals surface area contributed by atoms with Gasteiger partial charge in [0, 0.05) is 29.7 Å². The van der Waals surface area contributed by atoms with E-state index in [0.717, 1.165) is 5.56 Å². The lowest BCUT2D eigenvalue weighted by molar-refractivity contribution is -0.125. The molecule has 3 aromatic rings. The van der Waals surface area contributed by atoms with Crippen molar-refractivity contribution >= 4 is 46.2 Å². The van der Waals surface area contributed by atoms with Crippen LogP contribution in [0.25, 0.3) is 10.9 Å². The van der Waals surface area contributed by atoms with Gasteiger partial charge in [0.2, 0.25) is 5.91 Å². The largest absolute Gasteiger partial charge is 0.351 e. The Morgan fingerprint density at radius 1 is 1.16 bits per heavy atom. The first-order chi connectivity index (χ1) is 14.9. The summed E-state index contributed by atoms with van der Waals surface area (Å²) in [4.78, 5) is 37.3. The molecule has 0 aliphatic carbocycles. The lowest BCUT2D eigenvalue weighted by atomic mass is 10.2. The molecule has 1 saturated heterocycles. The Kier molecular flexibility index (Phi) is 5.79. The van der Waals surface area contributed by atoms with Gasteiger partial charge < -0.3 is 16.4 Å². The van der Waals surface area contributed by atoms with Crippen LogP contribution in [-0.4, -0.2) is 40.1 Å². The number of carbonyl (C=O) groups excluding carboxylic acids is 3. The highest BCUT2D eigenvalue weighted by Gasteiger charge is 2.34. The first kappa shape index (κ1) is 20.7. The summed E-state index contributed by atoms with van der Waals surface area (Å²) in [5, 5.41) is 8.13. The third-order valence-corrected chi connectivity index (χ3v) is 5.31. The van der Waals surface area contributed by atoms with Gasteiger partial charge >= 0.3 is 12.1 Å². The molecule has 160 valence electrons. The van der Waals surface area contributed by atoms with E-state index in [2.05, 4.69) is 16.1 Å². The Morgan fingerprint density at radius 2 is 1.97 bits per heavy atom. The maximum atomic E-state index is 12.9. The van der Waals surface area contributed by atoms with E-state index in [4.69, 9.17) is 17.3 Å². The number of amides is 4. The molecule has 10 heteroatoms. The fourth-order valence-corrected chi connectivity index (χ4v) is 3.83. The molecule has 1 fully saturated rings. The Morgan fingerprint density at radius 3 is 2.74 bits per heavy atom. The van der Waals surface area contributed by atoms with Gasteiger partial charge in [-0.1, -0.05) is 41.9 Å². The van der Waals surface area contributed by atoms with Gasteiger partial charge in [0.15, 0.2) is 0 Å². The zero-order valence-corrected chi connectivity index (χ0v) is 17.2. The molecule has 0 radical (unpaired) electrons. The number of halogens is 1. The highest BCUT2D eigenvalue weighted by molar-refractivity contribution is 6.30. The predicted octanol–water partition coefficient (Wildman–Crippen LogP) is 2.65. The van der Waals surface area contributed by atoms with E-state index in [-0.39, 0.29) is 5.91 Å². The average Bonchev–Trinajstić information content (AvgIpc) is 3.38. The highest BCUT2D eigenvalue weighted by Crippen LogP contribution is 2.26. The number of urea groups is 1. The van der Waals surface area contributed by atoms with Crippen LogP contribution in [0.5, 0.6) is 0 Å². The topological polar surface area (TPSA) is 121 Å². The van der Waals surface area contributed by atoms with Crippen LogP contribution in [-0.2, 0) is 11.3 Å². The summed E-state index contributed by atoms with van der Waals surface area (Å²) in [5.74, 6) is -0.278. The van der Waals surface area contributed by atoms with Crippen LogP contribution in [0.1, 0.15) is 12.0 Å². The molecule has 0 bridgehead atoms. The van der Waals surface area contributed by atoms with Crippen molar-refractivity contribution < 1.29 is 14.4 Å². The minimum absolute atomic E-state index is 0.278. The normalized spacial score (nSPS) is 15.8. The minimum atomic E-state index is -0.677. The van der Waals surface area contributed by atoms with E-state index in [1.54, 1.807) is 36.4 Å². The van der Waals surface area contributed by atoms with Crippen molar-refractivity contribution in [2.45, 2.75) is 19.0 Å². The van der Waals surface area contributed by atoms with Gasteiger partial charge in [0.05, 0.1) is 11.2 Å². The standard InChI is InChI=1S/C21H21ClN6O3/c22-14-5-3-4-13(10-14)11-24-19(29)18-8-9-25-28(18)21(31)26-16-12-27(20(23)30)17-7-2-1-6-15(16)17/h1-7,10,12,18,25H,8-9,11H2,(H2,23,30)(H,24,29)(H,26,31)/t18-/m0/s1. The summed E-state index contributed by atoms with van der Waals surface area (Å²) in [6.45, 7) is 0.781. The van der Waals surface area contributed by atoms with Gasteiger partial charge in [-0.25, -0.2) is 20.0 Å². The number of nitrogens with zero attached hydrogens (tertiary/aromatic N) is 2. The van der Waals surface area contributed by atoms with Crippen molar-refractivity contribution in [3.05, 3.63) is 65.3 Å². The molecule has 2 heterocycles. The molecular weight excluding hydrogens is 420 g/mol. The van der Waals surface area contributed by atoms with E-state index >= 15 is 0 Å². The highest BCUT2D eigenvalue weighted by atomic mass is 35.5. The number of hydrogen-bond donors (Lipinski definition) is 4. The number of fused-ring (bicyclic) bond motifs is 1. The minimum Gasteiger partial charge on any atom is -0.351 e. The fourth-order valence-electron chi connectivity index (χ4n) is 3.61. The molecular formula is C21H21ClN6O3. The molecule has 31 heavy (non-hydrogen) atoms. The molecule has 2 aromatic carbocycles. The number of nitrogens with one attached hydrogen (secondary N) is 3. The molecule has 0 unspecified atom stereocenters. The lowest BCUT2D eigenvalue weighted by Crippen LogP contribution is -2.51. The molecule has 1 aliphatic heterocycles. The van der Waals surface area contributed by atoms with Gasteiger partial charge in [-0.05, 0) is 30.2 Å². The summed E-state index contributed by atoms with van der Waals surface area (Å²) >= 11 is 5.98. The third kappa shape index (κ3) is 4.32. The fraction of sp³-hybridized carbons (Fsp3) is 0.190. The van der Waals surface area contributed by atoms with E-state index in [9.17, 15) is 14.4 Å². The monoisotopic (exact) mass is 440 g/mol. The van der Waals surface area contributed by atoms with Gasteiger partial charge in [-0.2, -0.15) is 0 Å². The zero-order chi connectivity index (χ0) is 22.0. The molecule has 5 N–H and O–H groups in total. The molecule has 9 nitrogen and oxygen atoms in total. The molecule has 0 spiro atoms. The number of nitrogens with two attached hydrogens (primary N) is 1. The Balaban J connectivity index is 1.46. The number of primary amides is 1. The maximum Gasteiger partial charge on any atom is 0.336 e. The number of para-hydroxylation sites is 1. The van der Waals surface area contributed by atoms with Crippen molar-refractivity contribution in [3.63, 3.8) is 0 Å². The van der Waals surface area contributed by atoms with Crippen molar-refractivity contribution in [3.8, 4) is 0 Å². The second-order valence-electron chi connectivity index (χ2n) is 7.13. The number of hydrogen-bond acceptors (Lipinski definition) is 4. The number of anilines is 1. The molecule has 1 atom stereocenters. The number of aromatic nitrogens is 1. The molecule has 1 aromatic heterocycles. The second-order valence-corrected chi connectivity index (χ2v) is 7.57. The zero-order valence-electron chi connectivity index (χ0n) is 16.5. The van der Waals surface area contributed by atoms with Crippen LogP contribution >= 0.6 is 11.6 Å². The molecule has 4 rings (SSSR count). The smallest absolute Gasteiger partial charge is 0.336 e. The Hall–Kier alpha value is -3.56. The van der Waals surface area contributed by atoms with Crippen LogP contribution < -0.4 is 21.8 Å². The summed E-state index contributed by atoms with van der Waals surface area (Å²) in [7, 11) is 0. The summed E-state index contributed by atoms with van der Waals surface area (Å²) in [6, 6.07) is 12.4. The van der Waals surface area contributed by atoms with Crippen LogP contribution in [0.15, 0.2) is 54.7 Å². The Labute approximate surface area is 183 Å². The van der Waals surface area contributed by atoms with E-state index < -0.39 is 18.1 Å². The quantitative estimate of drug-likeness (QED) is 0.498. The third-order valence-electron chi connectivity index (χ3n) is 5.08. The van der Waals surface area contributed by atoms with Crippen molar-refractivity contribution in [2.24, 2.45) is 5.73 Å². The van der Waals surface area contributed by atoms with E-state index in [0.29, 0.717) is 41.1 Å². The average molecular weight is 441 g/mol. The first-order valence-corrected chi connectivity index (χ1v) is 10.1. The predicted molar refractivity (Wildman–Crippen MR) is 117 cm³/mol. The number of carbonyl (C=O) groups is 3. The van der Waals surface area contributed by atoms with Gasteiger partial charge in [0.25, 0.3) is 0 Å². The Bertz CT molecular complexity index is 1160. The van der Waals surface area contributed by atoms with Gasteiger partial charge in [-0.3, -0.25) is 9.36 Å². The van der Waals surface area contributed by atoms with Crippen LogP contribution in [0.2, 0.25) is 5.02 Å². The summed E-state index contributed by atoms with van der Waals surface area (Å²) in [6.07, 6.45) is 1.94. The van der Waals surface area contributed by atoms with Crippen molar-refractivity contribution in [2.75, 3.05) is 11.9 Å². The van der Waals surface area contributed by atoms with E-state index in [1.165, 1.54) is 15.8 Å². The van der Waals surface area contributed by atoms with Crippen LogP contribution in [0, 0.1) is 0 Å². The second kappa shape index (κ2) is 8.66. The van der Waals surface area contributed by atoms with Crippen LogP contribution in [0.4, 0.5) is 15.3 Å². The number of rotatable bonds is 4. The SMILES string of the molecule is NC(=O)n1cc(NC(=O)N2NCC[C@H]2C(=O)NCc2cccc(Cl)c2)c2ccccc21. The van der Waals surface area contributed by atoms with Gasteiger partial charge in [0.1, 0.15) is 6.04 Å². The van der Waals surface area contributed by atoms with Crippen molar-refractivity contribution in [1.82, 2.24) is 20.3 Å². The summed E-state index contributed by atoms with van der Waals surface area (Å²) < 4.78 is 1.26. The maximum absolute atomic E-state index is 12.9. The van der Waals surface area contributed by atoms with E-state index in [1.807, 2.05) is 12.1 Å². The molecule has 1 aliphatic rings. The first-order valence-electron chi connectivity index (χ1n) is 9.70. The lowest BCUT2D eigenvalue weighted by Gasteiger charge is -2.23. The van der Waals surface area contributed by atoms with Gasteiger partial charge in [-0.15, -0.1) is 0 Å². The number of benzene rings is 2. The van der Waals surface area contributed by atoms with Crippen molar-refractivity contribution in [1.29, 1.82) is 0 Å².